The van der Waals surface area contributed by atoms with Gasteiger partial charge < -0.3 is 4.79 Å². The van der Waals surface area contributed by atoms with Gasteiger partial charge in [-0.15, -0.1) is 0 Å². The third kappa shape index (κ3) is 3.08. The number of rotatable bonds is 4. The Balaban J connectivity index is 2.99. The summed E-state index contributed by atoms with van der Waals surface area (Å²) >= 11 is 0. The molecule has 0 N–H and O–H groups in total. The van der Waals surface area contributed by atoms with Gasteiger partial charge in [0.1, 0.15) is 6.29 Å². The molecule has 1 aromatic carbocycles. The van der Waals surface area contributed by atoms with Crippen molar-refractivity contribution in [3.05, 3.63) is 35.4 Å². The number of hydrogen-bond donors (Lipinski definition) is 0. The summed E-state index contributed by atoms with van der Waals surface area (Å²) in [5, 5.41) is 0. The highest BCUT2D eigenvalue weighted by Crippen LogP contribution is 2.36. The summed E-state index contributed by atoms with van der Waals surface area (Å²) < 4.78 is 38.0. The van der Waals surface area contributed by atoms with E-state index in [1.165, 1.54) is 12.1 Å². The van der Waals surface area contributed by atoms with Crippen molar-refractivity contribution in [3.8, 4) is 0 Å². The number of hydrogen-bond acceptors (Lipinski definition) is 1. The predicted molar refractivity (Wildman–Crippen MR) is 55.2 cm³/mol. The lowest BCUT2D eigenvalue weighted by atomic mass is 9.92. The van der Waals surface area contributed by atoms with Gasteiger partial charge in [-0.05, 0) is 24.0 Å². The lowest BCUT2D eigenvalue weighted by molar-refractivity contribution is -0.138. The van der Waals surface area contributed by atoms with Crippen molar-refractivity contribution in [2.24, 2.45) is 0 Å². The molecule has 0 aliphatic heterocycles. The molecule has 0 bridgehead atoms. The zero-order chi connectivity index (χ0) is 12.2. The van der Waals surface area contributed by atoms with Crippen molar-refractivity contribution in [1.29, 1.82) is 0 Å². The van der Waals surface area contributed by atoms with Crippen LogP contribution in [0.15, 0.2) is 24.3 Å². The molecule has 0 radical (unpaired) electrons. The first-order valence-electron chi connectivity index (χ1n) is 5.06. The molecule has 16 heavy (non-hydrogen) atoms. The Kier molecular flexibility index (Phi) is 4.10. The maximum atomic E-state index is 12.7. The number of halogens is 3. The summed E-state index contributed by atoms with van der Waals surface area (Å²) in [6.07, 6.45) is -2.87. The van der Waals surface area contributed by atoms with E-state index in [2.05, 4.69) is 0 Å². The van der Waals surface area contributed by atoms with Gasteiger partial charge in [-0.1, -0.05) is 25.1 Å². The smallest absolute Gasteiger partial charge is 0.303 e. The van der Waals surface area contributed by atoms with E-state index in [1.54, 1.807) is 13.0 Å². The Labute approximate surface area is 92.3 Å². The molecular weight excluding hydrogens is 217 g/mol. The van der Waals surface area contributed by atoms with Crippen LogP contribution in [-0.4, -0.2) is 6.29 Å². The summed E-state index contributed by atoms with van der Waals surface area (Å²) in [4.78, 5) is 10.2. The molecule has 0 heterocycles. The molecule has 0 aliphatic rings. The fraction of sp³-hybridized carbons (Fsp3) is 0.417. The standard InChI is InChI=1S/C12H13F3O/c1-9(5-4-8-16)10-6-2-3-7-11(10)12(13,14)15/h2-3,6-9H,4-5H2,1H3. The summed E-state index contributed by atoms with van der Waals surface area (Å²) in [7, 11) is 0. The van der Waals surface area contributed by atoms with Crippen LogP contribution >= 0.6 is 0 Å². The van der Waals surface area contributed by atoms with Gasteiger partial charge in [0.05, 0.1) is 5.56 Å². The second-order valence-electron chi connectivity index (χ2n) is 3.73. The highest BCUT2D eigenvalue weighted by atomic mass is 19.4. The molecule has 4 heteroatoms. The molecule has 1 nitrogen and oxygen atoms in total. The fourth-order valence-electron chi connectivity index (χ4n) is 1.66. The quantitative estimate of drug-likeness (QED) is 0.719. The molecule has 0 amide bonds. The van der Waals surface area contributed by atoms with Crippen molar-refractivity contribution >= 4 is 6.29 Å². The Bertz CT molecular complexity index is 358. The average molecular weight is 230 g/mol. The number of aldehydes is 1. The van der Waals surface area contributed by atoms with Crippen LogP contribution in [0.4, 0.5) is 13.2 Å². The van der Waals surface area contributed by atoms with Crippen molar-refractivity contribution in [3.63, 3.8) is 0 Å². The minimum atomic E-state index is -4.33. The van der Waals surface area contributed by atoms with E-state index >= 15 is 0 Å². The van der Waals surface area contributed by atoms with E-state index < -0.39 is 11.7 Å². The van der Waals surface area contributed by atoms with Gasteiger partial charge in [-0.25, -0.2) is 0 Å². The van der Waals surface area contributed by atoms with E-state index in [4.69, 9.17) is 0 Å². The summed E-state index contributed by atoms with van der Waals surface area (Å²) in [6, 6.07) is 5.51. The van der Waals surface area contributed by atoms with Crippen LogP contribution < -0.4 is 0 Å². The monoisotopic (exact) mass is 230 g/mol. The van der Waals surface area contributed by atoms with Gasteiger partial charge in [0.25, 0.3) is 0 Å². The van der Waals surface area contributed by atoms with Crippen LogP contribution in [-0.2, 0) is 11.0 Å². The van der Waals surface area contributed by atoms with Gasteiger partial charge in [0.15, 0.2) is 0 Å². The Morgan fingerprint density at radius 2 is 1.94 bits per heavy atom. The van der Waals surface area contributed by atoms with E-state index in [-0.39, 0.29) is 17.9 Å². The molecular formula is C12H13F3O. The normalized spacial score (nSPS) is 13.5. The molecule has 0 aromatic heterocycles. The zero-order valence-corrected chi connectivity index (χ0v) is 8.92. The highest BCUT2D eigenvalue weighted by molar-refractivity contribution is 5.49. The maximum Gasteiger partial charge on any atom is 0.416 e. The predicted octanol–water partition coefficient (Wildman–Crippen LogP) is 3.79. The molecule has 1 aromatic rings. The molecule has 0 fully saturated rings. The largest absolute Gasteiger partial charge is 0.416 e. The van der Waals surface area contributed by atoms with E-state index in [0.29, 0.717) is 6.42 Å². The minimum absolute atomic E-state index is 0.261. The van der Waals surface area contributed by atoms with Crippen LogP contribution in [0, 0.1) is 0 Å². The van der Waals surface area contributed by atoms with Crippen molar-refractivity contribution in [2.75, 3.05) is 0 Å². The van der Waals surface area contributed by atoms with Crippen LogP contribution in [0.25, 0.3) is 0 Å². The molecule has 0 aliphatic carbocycles. The maximum absolute atomic E-state index is 12.7. The SMILES string of the molecule is CC(CCC=O)c1ccccc1C(F)(F)F. The molecule has 1 atom stereocenters. The van der Waals surface area contributed by atoms with E-state index in [0.717, 1.165) is 12.4 Å². The van der Waals surface area contributed by atoms with Crippen LogP contribution in [0.3, 0.4) is 0 Å². The first kappa shape index (κ1) is 12.7. The molecule has 88 valence electrons. The highest BCUT2D eigenvalue weighted by Gasteiger charge is 2.33. The Morgan fingerprint density at radius 1 is 1.31 bits per heavy atom. The summed E-state index contributed by atoms with van der Waals surface area (Å²) in [5.41, 5.74) is -0.342. The van der Waals surface area contributed by atoms with Gasteiger partial charge >= 0.3 is 6.18 Å². The van der Waals surface area contributed by atoms with Crippen LogP contribution in [0.5, 0.6) is 0 Å². The fourth-order valence-corrected chi connectivity index (χ4v) is 1.66. The topological polar surface area (TPSA) is 17.1 Å². The molecule has 0 saturated heterocycles. The number of carbonyl (C=O) groups excluding carboxylic acids is 1. The average Bonchev–Trinajstić information content (AvgIpc) is 2.24. The minimum Gasteiger partial charge on any atom is -0.303 e. The van der Waals surface area contributed by atoms with Crippen molar-refractivity contribution < 1.29 is 18.0 Å². The molecule has 1 rings (SSSR count). The molecule has 0 spiro atoms. The Hall–Kier alpha value is -1.32. The second-order valence-corrected chi connectivity index (χ2v) is 3.73. The lowest BCUT2D eigenvalue weighted by Gasteiger charge is -2.17. The molecule has 0 saturated carbocycles. The second kappa shape index (κ2) is 5.14. The number of alkyl halides is 3. The van der Waals surface area contributed by atoms with Gasteiger partial charge in [-0.2, -0.15) is 13.2 Å². The lowest BCUT2D eigenvalue weighted by Crippen LogP contribution is -2.10. The summed E-state index contributed by atoms with van der Waals surface area (Å²) in [6.45, 7) is 1.70. The number of benzene rings is 1. The Morgan fingerprint density at radius 3 is 2.50 bits per heavy atom. The third-order valence-corrected chi connectivity index (χ3v) is 2.51. The summed E-state index contributed by atoms with van der Waals surface area (Å²) in [5.74, 6) is -0.261. The third-order valence-electron chi connectivity index (χ3n) is 2.51. The van der Waals surface area contributed by atoms with Gasteiger partial charge in [-0.3, -0.25) is 0 Å². The van der Waals surface area contributed by atoms with E-state index in [1.807, 2.05) is 0 Å². The first-order chi connectivity index (χ1) is 7.46. The van der Waals surface area contributed by atoms with Crippen molar-refractivity contribution in [2.45, 2.75) is 31.9 Å². The molecule has 1 unspecified atom stereocenters. The van der Waals surface area contributed by atoms with Crippen molar-refractivity contribution in [1.82, 2.24) is 0 Å². The zero-order valence-electron chi connectivity index (χ0n) is 8.92. The van der Waals surface area contributed by atoms with E-state index in [9.17, 15) is 18.0 Å². The van der Waals surface area contributed by atoms with Crippen LogP contribution in [0.2, 0.25) is 0 Å². The van der Waals surface area contributed by atoms with Crippen LogP contribution in [0.1, 0.15) is 36.8 Å². The van der Waals surface area contributed by atoms with Gasteiger partial charge in [0.2, 0.25) is 0 Å². The number of carbonyl (C=O) groups is 1. The van der Waals surface area contributed by atoms with Gasteiger partial charge in [0, 0.05) is 6.42 Å². The first-order valence-corrected chi connectivity index (χ1v) is 5.06.